The van der Waals surface area contributed by atoms with Gasteiger partial charge in [0.05, 0.1) is 17.7 Å². The van der Waals surface area contributed by atoms with E-state index in [9.17, 15) is 8.42 Å². The Balaban J connectivity index is 1.55. The Kier molecular flexibility index (Phi) is 5.37. The number of methoxy groups -OCH3 is 1. The van der Waals surface area contributed by atoms with E-state index in [-0.39, 0.29) is 4.90 Å². The molecule has 8 heteroatoms. The maximum atomic E-state index is 12.3. The van der Waals surface area contributed by atoms with Gasteiger partial charge in [-0.15, -0.1) is 11.3 Å². The molecule has 1 saturated heterocycles. The van der Waals surface area contributed by atoms with Gasteiger partial charge in [-0.2, -0.15) is 0 Å². The van der Waals surface area contributed by atoms with E-state index in [1.54, 1.807) is 30.6 Å². The highest BCUT2D eigenvalue weighted by atomic mass is 32.2. The van der Waals surface area contributed by atoms with Gasteiger partial charge in [0.1, 0.15) is 5.75 Å². The summed E-state index contributed by atoms with van der Waals surface area (Å²) in [6, 6.07) is 6.35. The number of hydrogen-bond acceptors (Lipinski definition) is 6. The second-order valence-corrected chi connectivity index (χ2v) is 8.24. The zero-order valence-corrected chi connectivity index (χ0v) is 15.2. The van der Waals surface area contributed by atoms with Crippen molar-refractivity contribution < 1.29 is 13.2 Å². The Bertz CT molecular complexity index is 766. The van der Waals surface area contributed by atoms with Gasteiger partial charge in [0.15, 0.2) is 5.13 Å². The van der Waals surface area contributed by atoms with Gasteiger partial charge in [-0.3, -0.25) is 0 Å². The molecule has 1 aliphatic heterocycles. The summed E-state index contributed by atoms with van der Waals surface area (Å²) < 4.78 is 32.2. The molecule has 0 unspecified atom stereocenters. The number of aromatic nitrogens is 1. The van der Waals surface area contributed by atoms with Crippen LogP contribution in [0.15, 0.2) is 34.5 Å². The Morgan fingerprint density at radius 3 is 2.62 bits per heavy atom. The van der Waals surface area contributed by atoms with Crippen molar-refractivity contribution in [3.63, 3.8) is 0 Å². The van der Waals surface area contributed by atoms with Crippen LogP contribution in [0.25, 0.3) is 0 Å². The molecule has 0 atom stereocenters. The van der Waals surface area contributed by atoms with Crippen LogP contribution in [0.5, 0.6) is 5.75 Å². The largest absolute Gasteiger partial charge is 0.497 e. The first-order valence-corrected chi connectivity index (χ1v) is 10.3. The highest BCUT2D eigenvalue weighted by Gasteiger charge is 2.16. The van der Waals surface area contributed by atoms with Crippen molar-refractivity contribution in [2.75, 3.05) is 31.6 Å². The average molecular weight is 367 g/mol. The topological polar surface area (TPSA) is 71.5 Å². The molecule has 0 spiro atoms. The molecule has 24 heavy (non-hydrogen) atoms. The van der Waals surface area contributed by atoms with Crippen LogP contribution in [0.1, 0.15) is 18.5 Å². The number of thiazole rings is 1. The van der Waals surface area contributed by atoms with E-state index in [1.807, 2.05) is 5.38 Å². The average Bonchev–Trinajstić information content (AvgIpc) is 3.26. The molecule has 6 nitrogen and oxygen atoms in total. The highest BCUT2D eigenvalue weighted by Crippen LogP contribution is 2.24. The van der Waals surface area contributed by atoms with E-state index < -0.39 is 10.0 Å². The fourth-order valence-electron chi connectivity index (χ4n) is 2.62. The molecule has 0 aliphatic carbocycles. The fourth-order valence-corrected chi connectivity index (χ4v) is 4.56. The molecule has 1 N–H and O–H groups in total. The van der Waals surface area contributed by atoms with E-state index in [2.05, 4.69) is 14.6 Å². The van der Waals surface area contributed by atoms with Crippen LogP contribution in [-0.2, 0) is 16.4 Å². The molecule has 0 radical (unpaired) electrons. The quantitative estimate of drug-likeness (QED) is 0.813. The van der Waals surface area contributed by atoms with Gasteiger partial charge in [0.2, 0.25) is 10.0 Å². The van der Waals surface area contributed by atoms with Crippen molar-refractivity contribution in [1.29, 1.82) is 0 Å². The smallest absolute Gasteiger partial charge is 0.240 e. The van der Waals surface area contributed by atoms with E-state index in [0.717, 1.165) is 23.9 Å². The van der Waals surface area contributed by atoms with Gasteiger partial charge in [0, 0.05) is 31.4 Å². The monoisotopic (exact) mass is 367 g/mol. The first-order valence-electron chi connectivity index (χ1n) is 7.91. The van der Waals surface area contributed by atoms with Crippen molar-refractivity contribution in [3.8, 4) is 5.75 Å². The molecule has 1 fully saturated rings. The number of hydrogen-bond donors (Lipinski definition) is 1. The molecular formula is C16H21N3O3S2. The normalized spacial score (nSPS) is 15.0. The second-order valence-electron chi connectivity index (χ2n) is 5.64. The number of rotatable bonds is 7. The lowest BCUT2D eigenvalue weighted by molar-refractivity contribution is 0.414. The zero-order valence-electron chi connectivity index (χ0n) is 13.6. The summed E-state index contributed by atoms with van der Waals surface area (Å²) >= 11 is 1.63. The predicted molar refractivity (Wildman–Crippen MR) is 95.4 cm³/mol. The van der Waals surface area contributed by atoms with Crippen molar-refractivity contribution in [2.45, 2.75) is 24.2 Å². The summed E-state index contributed by atoms with van der Waals surface area (Å²) in [5.41, 5.74) is 0.930. The minimum absolute atomic E-state index is 0.235. The number of nitrogens with one attached hydrogen (secondary N) is 1. The van der Waals surface area contributed by atoms with E-state index in [4.69, 9.17) is 4.74 Å². The lowest BCUT2D eigenvalue weighted by atomic mass is 10.3. The van der Waals surface area contributed by atoms with E-state index in [0.29, 0.717) is 18.7 Å². The second kappa shape index (κ2) is 7.50. The minimum atomic E-state index is -3.50. The molecule has 130 valence electrons. The molecule has 1 aliphatic rings. The molecular weight excluding hydrogens is 346 g/mol. The number of sulfonamides is 1. The molecule has 3 rings (SSSR count). The summed E-state index contributed by atoms with van der Waals surface area (Å²) in [7, 11) is -1.96. The van der Waals surface area contributed by atoms with Crippen LogP contribution in [0, 0.1) is 0 Å². The lowest BCUT2D eigenvalue weighted by Gasteiger charge is -2.12. The molecule has 0 saturated carbocycles. The van der Waals surface area contributed by atoms with E-state index in [1.165, 1.54) is 25.0 Å². The first kappa shape index (κ1) is 17.2. The molecule has 1 aromatic carbocycles. The standard InChI is InChI=1S/C16H21N3O3S2/c1-22-14-4-6-15(7-5-14)24(20,21)17-9-8-13-12-23-16(18-13)19-10-2-3-11-19/h4-7,12,17H,2-3,8-11H2,1H3. The number of nitrogens with zero attached hydrogens (tertiary/aromatic N) is 2. The minimum Gasteiger partial charge on any atom is -0.497 e. The molecule has 1 aromatic heterocycles. The van der Waals surface area contributed by atoms with Crippen LogP contribution < -0.4 is 14.4 Å². The third kappa shape index (κ3) is 4.06. The Hall–Kier alpha value is -1.64. The summed E-state index contributed by atoms with van der Waals surface area (Å²) in [4.78, 5) is 7.12. The Morgan fingerprint density at radius 1 is 1.25 bits per heavy atom. The van der Waals surface area contributed by atoms with Crippen LogP contribution >= 0.6 is 11.3 Å². The van der Waals surface area contributed by atoms with Gasteiger partial charge in [-0.05, 0) is 37.1 Å². The molecule has 0 bridgehead atoms. The summed E-state index contributed by atoms with van der Waals surface area (Å²) in [5.74, 6) is 0.630. The van der Waals surface area contributed by atoms with Crippen LogP contribution in [0.2, 0.25) is 0 Å². The number of ether oxygens (including phenoxy) is 1. The summed E-state index contributed by atoms with van der Waals surface area (Å²) in [6.07, 6.45) is 3.02. The number of anilines is 1. The van der Waals surface area contributed by atoms with Gasteiger partial charge >= 0.3 is 0 Å². The third-order valence-corrected chi connectivity index (χ3v) is 6.39. The molecule has 0 amide bonds. The third-order valence-electron chi connectivity index (χ3n) is 3.96. The van der Waals surface area contributed by atoms with Gasteiger partial charge in [0.25, 0.3) is 0 Å². The maximum Gasteiger partial charge on any atom is 0.240 e. The van der Waals surface area contributed by atoms with Crippen molar-refractivity contribution in [3.05, 3.63) is 35.3 Å². The number of benzene rings is 1. The van der Waals surface area contributed by atoms with Crippen LogP contribution in [-0.4, -0.2) is 40.1 Å². The maximum absolute atomic E-state index is 12.3. The highest BCUT2D eigenvalue weighted by molar-refractivity contribution is 7.89. The SMILES string of the molecule is COc1ccc(S(=O)(=O)NCCc2csc(N3CCCC3)n2)cc1. The zero-order chi connectivity index (χ0) is 17.0. The van der Waals surface area contributed by atoms with Crippen molar-refractivity contribution in [1.82, 2.24) is 9.71 Å². The van der Waals surface area contributed by atoms with Gasteiger partial charge < -0.3 is 9.64 Å². The fraction of sp³-hybridized carbons (Fsp3) is 0.438. The lowest BCUT2D eigenvalue weighted by Crippen LogP contribution is -2.26. The Morgan fingerprint density at radius 2 is 1.96 bits per heavy atom. The van der Waals surface area contributed by atoms with Crippen LogP contribution in [0.4, 0.5) is 5.13 Å². The van der Waals surface area contributed by atoms with Crippen LogP contribution in [0.3, 0.4) is 0 Å². The summed E-state index contributed by atoms with van der Waals surface area (Å²) in [5, 5.41) is 3.05. The summed E-state index contributed by atoms with van der Waals surface area (Å²) in [6.45, 7) is 2.46. The predicted octanol–water partition coefficient (Wildman–Crippen LogP) is 2.27. The molecule has 2 aromatic rings. The van der Waals surface area contributed by atoms with Gasteiger partial charge in [-0.25, -0.2) is 18.1 Å². The molecule has 2 heterocycles. The first-order chi connectivity index (χ1) is 11.6. The van der Waals surface area contributed by atoms with Crippen molar-refractivity contribution in [2.24, 2.45) is 0 Å². The van der Waals surface area contributed by atoms with E-state index >= 15 is 0 Å². The van der Waals surface area contributed by atoms with Gasteiger partial charge in [-0.1, -0.05) is 0 Å². The van der Waals surface area contributed by atoms with Crippen molar-refractivity contribution >= 4 is 26.5 Å². The Labute approximate surface area is 146 Å².